The van der Waals surface area contributed by atoms with Gasteiger partial charge in [-0.2, -0.15) is 0 Å². The molecule has 0 aromatic heterocycles. The first kappa shape index (κ1) is 22.4. The zero-order valence-corrected chi connectivity index (χ0v) is 17.2. The fourth-order valence-electron chi connectivity index (χ4n) is 3.21. The van der Waals surface area contributed by atoms with Crippen molar-refractivity contribution in [3.05, 3.63) is 29.8 Å². The first-order valence-corrected chi connectivity index (χ1v) is 9.96. The van der Waals surface area contributed by atoms with Gasteiger partial charge in [0.15, 0.2) is 6.61 Å². The van der Waals surface area contributed by atoms with Crippen LogP contribution in [0.4, 0.5) is 5.69 Å². The molecule has 1 aliphatic heterocycles. The molecule has 3 amide bonds. The molecular formula is C21H29N3O5. The van der Waals surface area contributed by atoms with Crippen molar-refractivity contribution in [3.63, 3.8) is 0 Å². The Kier molecular flexibility index (Phi) is 8.18. The molecule has 0 radical (unpaired) electrons. The largest absolute Gasteiger partial charge is 0.455 e. The van der Waals surface area contributed by atoms with Crippen molar-refractivity contribution in [3.8, 4) is 0 Å². The Balaban J connectivity index is 1.91. The number of nitrogens with one attached hydrogen (secondary N) is 2. The molecule has 0 aliphatic carbocycles. The van der Waals surface area contributed by atoms with Crippen LogP contribution in [0.3, 0.4) is 0 Å². The summed E-state index contributed by atoms with van der Waals surface area (Å²) in [6, 6.07) is 7.71. The van der Waals surface area contributed by atoms with Crippen LogP contribution in [0.25, 0.3) is 0 Å². The van der Waals surface area contributed by atoms with Gasteiger partial charge in [0.1, 0.15) is 0 Å². The monoisotopic (exact) mass is 403 g/mol. The molecule has 8 nitrogen and oxygen atoms in total. The third-order valence-corrected chi connectivity index (χ3v) is 4.99. The summed E-state index contributed by atoms with van der Waals surface area (Å²) in [5, 5.41) is 4.93. The number of carbonyl (C=O) groups is 4. The summed E-state index contributed by atoms with van der Waals surface area (Å²) >= 11 is 0. The Labute approximate surface area is 171 Å². The minimum absolute atomic E-state index is 0.0498. The number of esters is 1. The normalized spacial score (nSPS) is 17.0. The number of likely N-dealkylation sites (N-methyl/N-ethyl adjacent to an activating group) is 1. The number of carbonyl (C=O) groups excluding carboxylic acids is 4. The maximum Gasteiger partial charge on any atom is 0.311 e. The second-order valence-corrected chi connectivity index (χ2v) is 7.11. The molecule has 2 N–H and O–H groups in total. The predicted molar refractivity (Wildman–Crippen MR) is 108 cm³/mol. The van der Waals surface area contributed by atoms with E-state index >= 15 is 0 Å². The van der Waals surface area contributed by atoms with Gasteiger partial charge in [0, 0.05) is 25.2 Å². The second-order valence-electron chi connectivity index (χ2n) is 7.11. The van der Waals surface area contributed by atoms with Crippen LogP contribution in [-0.4, -0.2) is 49.9 Å². The Morgan fingerprint density at radius 1 is 1.17 bits per heavy atom. The lowest BCUT2D eigenvalue weighted by atomic mass is 9.96. The van der Waals surface area contributed by atoms with Crippen LogP contribution in [0.1, 0.15) is 45.1 Å². The van der Waals surface area contributed by atoms with E-state index in [9.17, 15) is 19.2 Å². The standard InChI is InChI=1S/C21H29N3O5/c1-4-14(3)16-8-6-7-9-17(16)24-12-15(10-20(24)27)21(28)29-13-19(26)23-11-18(25)22-5-2/h6-9,14-15H,4-5,10-13H2,1-3H3,(H,22,25)(H,23,26)/t14-,15-/m1/s1. The van der Waals surface area contributed by atoms with Gasteiger partial charge in [0.25, 0.3) is 5.91 Å². The number of para-hydroxylation sites is 1. The first-order chi connectivity index (χ1) is 13.9. The average molecular weight is 403 g/mol. The molecule has 8 heteroatoms. The number of ether oxygens (including phenoxy) is 1. The summed E-state index contributed by atoms with van der Waals surface area (Å²) < 4.78 is 5.05. The molecule has 158 valence electrons. The van der Waals surface area contributed by atoms with Gasteiger partial charge in [-0.1, -0.05) is 32.0 Å². The lowest BCUT2D eigenvalue weighted by Crippen LogP contribution is -2.39. The van der Waals surface area contributed by atoms with E-state index in [1.54, 1.807) is 11.8 Å². The topological polar surface area (TPSA) is 105 Å². The molecule has 0 spiro atoms. The van der Waals surface area contributed by atoms with Gasteiger partial charge in [-0.25, -0.2) is 0 Å². The van der Waals surface area contributed by atoms with Gasteiger partial charge in [0.05, 0.1) is 12.5 Å². The van der Waals surface area contributed by atoms with E-state index in [2.05, 4.69) is 24.5 Å². The number of benzene rings is 1. The summed E-state index contributed by atoms with van der Waals surface area (Å²) in [4.78, 5) is 49.5. The van der Waals surface area contributed by atoms with Gasteiger partial charge in [-0.3, -0.25) is 19.2 Å². The van der Waals surface area contributed by atoms with Crippen molar-refractivity contribution in [2.45, 2.75) is 39.5 Å². The summed E-state index contributed by atoms with van der Waals surface area (Å²) in [5.74, 6) is -1.93. The average Bonchev–Trinajstić information content (AvgIpc) is 3.11. The number of nitrogens with zero attached hydrogens (tertiary/aromatic N) is 1. The molecule has 1 heterocycles. The SMILES string of the molecule is CCNC(=O)CNC(=O)COC(=O)[C@@H]1CC(=O)N(c2ccccc2[C@H](C)CC)C1. The van der Waals surface area contributed by atoms with Crippen LogP contribution in [0.5, 0.6) is 0 Å². The fourth-order valence-corrected chi connectivity index (χ4v) is 3.21. The molecule has 29 heavy (non-hydrogen) atoms. The molecule has 0 saturated carbocycles. The smallest absolute Gasteiger partial charge is 0.311 e. The Morgan fingerprint density at radius 3 is 2.59 bits per heavy atom. The predicted octanol–water partition coefficient (Wildman–Crippen LogP) is 1.35. The molecule has 0 bridgehead atoms. The highest BCUT2D eigenvalue weighted by Gasteiger charge is 2.37. The van der Waals surface area contributed by atoms with Crippen LogP contribution in [0.2, 0.25) is 0 Å². The van der Waals surface area contributed by atoms with Crippen LogP contribution in [0, 0.1) is 5.92 Å². The van der Waals surface area contributed by atoms with E-state index in [4.69, 9.17) is 4.74 Å². The van der Waals surface area contributed by atoms with Crippen LogP contribution in [-0.2, 0) is 23.9 Å². The van der Waals surface area contributed by atoms with Gasteiger partial charge >= 0.3 is 5.97 Å². The molecule has 1 aliphatic rings. The highest BCUT2D eigenvalue weighted by atomic mass is 16.5. The quantitative estimate of drug-likeness (QED) is 0.606. The Morgan fingerprint density at radius 2 is 1.90 bits per heavy atom. The Bertz CT molecular complexity index is 764. The molecule has 2 atom stereocenters. The van der Waals surface area contributed by atoms with Crippen LogP contribution < -0.4 is 15.5 Å². The van der Waals surface area contributed by atoms with Crippen LogP contribution in [0.15, 0.2) is 24.3 Å². The summed E-state index contributed by atoms with van der Waals surface area (Å²) in [6.45, 7) is 6.00. The molecule has 2 rings (SSSR count). The van der Waals surface area contributed by atoms with E-state index in [1.807, 2.05) is 24.3 Å². The van der Waals surface area contributed by atoms with E-state index < -0.39 is 24.4 Å². The van der Waals surface area contributed by atoms with E-state index in [-0.39, 0.29) is 31.3 Å². The van der Waals surface area contributed by atoms with Crippen molar-refractivity contribution in [1.29, 1.82) is 0 Å². The summed E-state index contributed by atoms with van der Waals surface area (Å²) in [5.41, 5.74) is 1.89. The lowest BCUT2D eigenvalue weighted by Gasteiger charge is -2.23. The number of rotatable bonds is 9. The van der Waals surface area contributed by atoms with Crippen molar-refractivity contribution < 1.29 is 23.9 Å². The summed E-state index contributed by atoms with van der Waals surface area (Å²) in [7, 11) is 0. The van der Waals surface area contributed by atoms with Crippen molar-refractivity contribution in [2.24, 2.45) is 5.92 Å². The number of hydrogen-bond donors (Lipinski definition) is 2. The highest BCUT2D eigenvalue weighted by molar-refractivity contribution is 6.00. The van der Waals surface area contributed by atoms with Gasteiger partial charge < -0.3 is 20.3 Å². The van der Waals surface area contributed by atoms with Crippen molar-refractivity contribution >= 4 is 29.4 Å². The zero-order chi connectivity index (χ0) is 21.4. The lowest BCUT2D eigenvalue weighted by molar-refractivity contribution is -0.152. The van der Waals surface area contributed by atoms with E-state index in [0.717, 1.165) is 17.7 Å². The van der Waals surface area contributed by atoms with Crippen LogP contribution >= 0.6 is 0 Å². The van der Waals surface area contributed by atoms with E-state index in [1.165, 1.54) is 0 Å². The van der Waals surface area contributed by atoms with Crippen molar-refractivity contribution in [2.75, 3.05) is 31.1 Å². The molecule has 0 unspecified atom stereocenters. The third kappa shape index (κ3) is 6.04. The molecular weight excluding hydrogens is 374 g/mol. The summed E-state index contributed by atoms with van der Waals surface area (Å²) in [6.07, 6.45) is 0.990. The second kappa shape index (κ2) is 10.6. The third-order valence-electron chi connectivity index (χ3n) is 4.99. The van der Waals surface area contributed by atoms with Gasteiger partial charge in [-0.05, 0) is 30.9 Å². The van der Waals surface area contributed by atoms with Gasteiger partial charge in [0.2, 0.25) is 11.8 Å². The molecule has 1 aromatic carbocycles. The maximum absolute atomic E-state index is 12.5. The fraction of sp³-hybridized carbons (Fsp3) is 0.524. The molecule has 1 fully saturated rings. The van der Waals surface area contributed by atoms with E-state index in [0.29, 0.717) is 12.5 Å². The molecule has 1 saturated heterocycles. The number of amides is 3. The molecule has 1 aromatic rings. The maximum atomic E-state index is 12.5. The minimum atomic E-state index is -0.622. The van der Waals surface area contributed by atoms with Gasteiger partial charge in [-0.15, -0.1) is 0 Å². The first-order valence-electron chi connectivity index (χ1n) is 9.96. The van der Waals surface area contributed by atoms with Crippen molar-refractivity contribution in [1.82, 2.24) is 10.6 Å². The Hall–Kier alpha value is -2.90. The number of anilines is 1. The minimum Gasteiger partial charge on any atom is -0.455 e. The highest BCUT2D eigenvalue weighted by Crippen LogP contribution is 2.33. The zero-order valence-electron chi connectivity index (χ0n) is 17.2. The number of hydrogen-bond acceptors (Lipinski definition) is 5.